The average molecular weight is 340 g/mol. The highest BCUT2D eigenvalue weighted by molar-refractivity contribution is 7.91. The van der Waals surface area contributed by atoms with Gasteiger partial charge in [-0.1, -0.05) is 30.3 Å². The molecular weight excluding hydrogens is 324 g/mol. The van der Waals surface area contributed by atoms with Crippen molar-refractivity contribution in [1.82, 2.24) is 0 Å². The zero-order chi connectivity index (χ0) is 17.2. The molecule has 0 saturated heterocycles. The van der Waals surface area contributed by atoms with Crippen LogP contribution in [0.1, 0.15) is 0 Å². The highest BCUT2D eigenvalue weighted by atomic mass is 32.2. The van der Waals surface area contributed by atoms with Crippen LogP contribution >= 0.6 is 0 Å². The Morgan fingerprint density at radius 2 is 1.42 bits per heavy atom. The molecule has 3 rings (SSSR count). The van der Waals surface area contributed by atoms with E-state index in [1.807, 2.05) is 0 Å². The van der Waals surface area contributed by atoms with Crippen molar-refractivity contribution >= 4 is 21.2 Å². The van der Waals surface area contributed by atoms with Crippen molar-refractivity contribution in [2.45, 2.75) is 9.79 Å². The number of benzene rings is 3. The van der Waals surface area contributed by atoms with Crippen LogP contribution in [0.5, 0.6) is 11.5 Å². The van der Waals surface area contributed by atoms with Gasteiger partial charge in [0.2, 0.25) is 9.84 Å². The molecule has 3 aromatic carbocycles. The van der Waals surface area contributed by atoms with Crippen molar-refractivity contribution in [2.75, 3.05) is 11.5 Å². The first kappa shape index (κ1) is 15.9. The quantitative estimate of drug-likeness (QED) is 0.709. The van der Waals surface area contributed by atoms with Crippen LogP contribution < -0.4 is 16.2 Å². The predicted molar refractivity (Wildman–Crippen MR) is 93.7 cm³/mol. The first-order chi connectivity index (χ1) is 11.5. The van der Waals surface area contributed by atoms with Crippen LogP contribution in [0.4, 0.5) is 11.4 Å². The minimum absolute atomic E-state index is 0.147. The van der Waals surface area contributed by atoms with E-state index in [0.29, 0.717) is 22.9 Å². The van der Waals surface area contributed by atoms with Crippen LogP contribution in [-0.2, 0) is 9.84 Å². The standard InChI is InChI=1S/C18H16N2O3S/c19-16-10-5-11-17(18(16)20)23-13-6-4-9-15(12-13)24(21,22)14-7-2-1-3-8-14/h1-12H,19-20H2. The fraction of sp³-hybridized carbons (Fsp3) is 0. The van der Waals surface area contributed by atoms with E-state index in [1.54, 1.807) is 60.7 Å². The first-order valence-corrected chi connectivity index (χ1v) is 8.69. The summed E-state index contributed by atoms with van der Waals surface area (Å²) < 4.78 is 31.0. The summed E-state index contributed by atoms with van der Waals surface area (Å²) in [6, 6.07) is 19.6. The highest BCUT2D eigenvalue weighted by Gasteiger charge is 2.18. The van der Waals surface area contributed by atoms with Gasteiger partial charge in [0.05, 0.1) is 21.2 Å². The van der Waals surface area contributed by atoms with Gasteiger partial charge in [-0.2, -0.15) is 0 Å². The van der Waals surface area contributed by atoms with Crippen LogP contribution in [-0.4, -0.2) is 8.42 Å². The third-order valence-corrected chi connectivity index (χ3v) is 5.26. The van der Waals surface area contributed by atoms with Gasteiger partial charge < -0.3 is 16.2 Å². The Bertz CT molecular complexity index is 971. The molecule has 0 aliphatic carbocycles. The number of anilines is 2. The molecule has 6 heteroatoms. The van der Waals surface area contributed by atoms with Gasteiger partial charge in [-0.25, -0.2) is 8.42 Å². The second-order valence-electron chi connectivity index (χ2n) is 5.15. The van der Waals surface area contributed by atoms with Crippen molar-refractivity contribution in [2.24, 2.45) is 0 Å². The molecule has 24 heavy (non-hydrogen) atoms. The second kappa shape index (κ2) is 6.25. The Labute approximate surface area is 140 Å². The molecule has 0 saturated carbocycles. The monoisotopic (exact) mass is 340 g/mol. The summed E-state index contributed by atoms with van der Waals surface area (Å²) >= 11 is 0. The van der Waals surface area contributed by atoms with Crippen LogP contribution in [0.25, 0.3) is 0 Å². The summed E-state index contributed by atoms with van der Waals surface area (Å²) in [7, 11) is -3.61. The molecule has 3 aromatic rings. The fourth-order valence-electron chi connectivity index (χ4n) is 2.22. The Hall–Kier alpha value is -2.99. The maximum absolute atomic E-state index is 12.7. The van der Waals surface area contributed by atoms with Crippen LogP contribution in [0.2, 0.25) is 0 Å². The summed E-state index contributed by atoms with van der Waals surface area (Å²) in [4.78, 5) is 0.374. The highest BCUT2D eigenvalue weighted by Crippen LogP contribution is 2.32. The van der Waals surface area contributed by atoms with Gasteiger partial charge in [0.15, 0.2) is 5.75 Å². The van der Waals surface area contributed by atoms with Crippen LogP contribution in [0.15, 0.2) is 82.6 Å². The van der Waals surface area contributed by atoms with Crippen molar-refractivity contribution in [3.8, 4) is 11.5 Å². The maximum atomic E-state index is 12.7. The molecule has 5 nitrogen and oxygen atoms in total. The number of rotatable bonds is 4. The number of nitrogens with two attached hydrogens (primary N) is 2. The van der Waals surface area contributed by atoms with E-state index in [-0.39, 0.29) is 9.79 Å². The van der Waals surface area contributed by atoms with Gasteiger partial charge >= 0.3 is 0 Å². The lowest BCUT2D eigenvalue weighted by molar-refractivity contribution is 0.483. The molecule has 122 valence electrons. The van der Waals surface area contributed by atoms with E-state index in [2.05, 4.69) is 0 Å². The predicted octanol–water partition coefficient (Wildman–Crippen LogP) is 3.48. The smallest absolute Gasteiger partial charge is 0.206 e. The van der Waals surface area contributed by atoms with E-state index < -0.39 is 9.84 Å². The van der Waals surface area contributed by atoms with Crippen LogP contribution in [0.3, 0.4) is 0 Å². The van der Waals surface area contributed by atoms with Crippen molar-refractivity contribution < 1.29 is 13.2 Å². The SMILES string of the molecule is Nc1cccc(Oc2cccc(S(=O)(=O)c3ccccc3)c2)c1N. The Kier molecular flexibility index (Phi) is 4.14. The molecule has 4 N–H and O–H groups in total. The number of sulfone groups is 1. The van der Waals surface area contributed by atoms with Gasteiger partial charge in [-0.3, -0.25) is 0 Å². The van der Waals surface area contributed by atoms with E-state index >= 15 is 0 Å². The van der Waals surface area contributed by atoms with Crippen molar-refractivity contribution in [1.29, 1.82) is 0 Å². The molecule has 0 radical (unpaired) electrons. The normalized spacial score (nSPS) is 11.2. The molecule has 0 atom stereocenters. The minimum Gasteiger partial charge on any atom is -0.455 e. The second-order valence-corrected chi connectivity index (χ2v) is 7.10. The number of para-hydroxylation sites is 1. The summed E-state index contributed by atoms with van der Waals surface area (Å²) in [5.74, 6) is 0.744. The van der Waals surface area contributed by atoms with Gasteiger partial charge in [0, 0.05) is 0 Å². The van der Waals surface area contributed by atoms with Gasteiger partial charge in [0.25, 0.3) is 0 Å². The largest absolute Gasteiger partial charge is 0.455 e. The lowest BCUT2D eigenvalue weighted by Gasteiger charge is -2.11. The lowest BCUT2D eigenvalue weighted by Crippen LogP contribution is -2.02. The molecule has 0 bridgehead atoms. The third-order valence-electron chi connectivity index (χ3n) is 3.50. The molecule has 0 amide bonds. The number of hydrogen-bond acceptors (Lipinski definition) is 5. The summed E-state index contributed by atoms with van der Waals surface area (Å²) in [5, 5.41) is 0. The summed E-state index contributed by atoms with van der Waals surface area (Å²) in [6.45, 7) is 0. The summed E-state index contributed by atoms with van der Waals surface area (Å²) in [5.41, 5.74) is 12.3. The van der Waals surface area contributed by atoms with Gasteiger partial charge in [0.1, 0.15) is 5.75 Å². The van der Waals surface area contributed by atoms with Crippen molar-refractivity contribution in [3.05, 3.63) is 72.8 Å². The maximum Gasteiger partial charge on any atom is 0.206 e. The zero-order valence-corrected chi connectivity index (χ0v) is 13.5. The first-order valence-electron chi connectivity index (χ1n) is 7.20. The molecule has 0 aliphatic heterocycles. The van der Waals surface area contributed by atoms with E-state index in [1.165, 1.54) is 12.1 Å². The number of ether oxygens (including phenoxy) is 1. The number of hydrogen-bond donors (Lipinski definition) is 2. The van der Waals surface area contributed by atoms with E-state index in [4.69, 9.17) is 16.2 Å². The van der Waals surface area contributed by atoms with Crippen LogP contribution in [0, 0.1) is 0 Å². The van der Waals surface area contributed by atoms with E-state index in [9.17, 15) is 8.42 Å². The topological polar surface area (TPSA) is 95.4 Å². The Morgan fingerprint density at radius 3 is 2.17 bits per heavy atom. The van der Waals surface area contributed by atoms with E-state index in [0.717, 1.165) is 0 Å². The molecule has 0 fully saturated rings. The van der Waals surface area contributed by atoms with Crippen molar-refractivity contribution in [3.63, 3.8) is 0 Å². The Balaban J connectivity index is 1.97. The molecule has 0 heterocycles. The van der Waals surface area contributed by atoms with Gasteiger partial charge in [-0.15, -0.1) is 0 Å². The molecular formula is C18H16N2O3S. The molecule has 0 spiro atoms. The molecule has 0 unspecified atom stereocenters. The Morgan fingerprint density at radius 1 is 0.750 bits per heavy atom. The lowest BCUT2D eigenvalue weighted by atomic mass is 10.2. The zero-order valence-electron chi connectivity index (χ0n) is 12.7. The van der Waals surface area contributed by atoms with Gasteiger partial charge in [-0.05, 0) is 42.5 Å². The summed E-state index contributed by atoms with van der Waals surface area (Å²) in [6.07, 6.45) is 0. The average Bonchev–Trinajstić information content (AvgIpc) is 2.60. The number of nitrogen functional groups attached to an aromatic ring is 2. The third kappa shape index (κ3) is 3.04. The molecule has 0 aliphatic rings. The molecule has 0 aromatic heterocycles. The fourth-order valence-corrected chi connectivity index (χ4v) is 3.53. The minimum atomic E-state index is -3.61.